The number of carbonyl (C=O) groups excluding carboxylic acids is 1. The van der Waals surface area contributed by atoms with E-state index >= 15 is 0 Å². The molecule has 2 aromatic carbocycles. The second kappa shape index (κ2) is 7.04. The minimum atomic E-state index is -0.262. The summed E-state index contributed by atoms with van der Waals surface area (Å²) in [6, 6.07) is 17.7. The molecule has 2 rings (SSSR count). The van der Waals surface area contributed by atoms with E-state index in [1.54, 1.807) is 0 Å². The summed E-state index contributed by atoms with van der Waals surface area (Å²) in [5, 5.41) is 6.23. The first kappa shape index (κ1) is 15.3. The molecule has 3 heteroatoms. The van der Waals surface area contributed by atoms with E-state index in [2.05, 4.69) is 48.7 Å². The van der Waals surface area contributed by atoms with Gasteiger partial charge < -0.3 is 5.32 Å². The zero-order valence-electron chi connectivity index (χ0n) is 12.8. The molecular weight excluding hydrogens is 260 g/mol. The van der Waals surface area contributed by atoms with Gasteiger partial charge in [0.05, 0.1) is 6.04 Å². The summed E-state index contributed by atoms with van der Waals surface area (Å²) in [4.78, 5) is 12.2. The van der Waals surface area contributed by atoms with Gasteiger partial charge in [0.1, 0.15) is 0 Å². The first-order valence-corrected chi connectivity index (χ1v) is 7.25. The molecule has 2 N–H and O–H groups in total. The highest BCUT2D eigenvalue weighted by atomic mass is 16.2. The van der Waals surface area contributed by atoms with E-state index in [-0.39, 0.29) is 18.0 Å². The van der Waals surface area contributed by atoms with E-state index in [4.69, 9.17) is 0 Å². The van der Waals surface area contributed by atoms with E-state index in [9.17, 15) is 4.79 Å². The molecule has 0 spiro atoms. The Morgan fingerprint density at radius 2 is 1.57 bits per heavy atom. The van der Waals surface area contributed by atoms with Gasteiger partial charge in [-0.3, -0.25) is 10.1 Å². The monoisotopic (exact) mass is 282 g/mol. The average molecular weight is 282 g/mol. The fourth-order valence-corrected chi connectivity index (χ4v) is 2.17. The topological polar surface area (TPSA) is 41.1 Å². The van der Waals surface area contributed by atoms with Gasteiger partial charge in [-0.2, -0.15) is 0 Å². The number of aryl methyl sites for hydroxylation is 1. The maximum atomic E-state index is 12.2. The van der Waals surface area contributed by atoms with Gasteiger partial charge in [0.15, 0.2) is 0 Å². The molecule has 2 aromatic rings. The summed E-state index contributed by atoms with van der Waals surface area (Å²) >= 11 is 0. The van der Waals surface area contributed by atoms with Crippen LogP contribution in [0.25, 0.3) is 0 Å². The number of hydrogen-bond donors (Lipinski definition) is 2. The van der Waals surface area contributed by atoms with Crippen LogP contribution in [-0.4, -0.2) is 11.9 Å². The number of para-hydroxylation sites is 1. The summed E-state index contributed by atoms with van der Waals surface area (Å²) in [5.41, 5.74) is 3.24. The van der Waals surface area contributed by atoms with Gasteiger partial charge in [0.25, 0.3) is 0 Å². The highest BCUT2D eigenvalue weighted by Gasteiger charge is 2.16. The van der Waals surface area contributed by atoms with Crippen molar-refractivity contribution in [2.75, 3.05) is 5.32 Å². The Labute approximate surface area is 126 Å². The lowest BCUT2D eigenvalue weighted by molar-refractivity contribution is -0.117. The number of carbonyl (C=O) groups is 1. The van der Waals surface area contributed by atoms with Crippen molar-refractivity contribution in [3.05, 3.63) is 65.7 Å². The third-order valence-corrected chi connectivity index (χ3v) is 3.51. The molecule has 0 aromatic heterocycles. The highest BCUT2D eigenvalue weighted by molar-refractivity contribution is 5.94. The van der Waals surface area contributed by atoms with Gasteiger partial charge in [0.2, 0.25) is 5.91 Å². The summed E-state index contributed by atoms with van der Waals surface area (Å²) in [6.07, 6.45) is 0. The van der Waals surface area contributed by atoms with Crippen LogP contribution in [0.2, 0.25) is 0 Å². The number of anilines is 1. The van der Waals surface area contributed by atoms with Crippen molar-refractivity contribution in [2.24, 2.45) is 0 Å². The Morgan fingerprint density at radius 1 is 0.952 bits per heavy atom. The van der Waals surface area contributed by atoms with Crippen molar-refractivity contribution in [1.29, 1.82) is 0 Å². The van der Waals surface area contributed by atoms with Crippen LogP contribution in [0.3, 0.4) is 0 Å². The number of amides is 1. The minimum absolute atomic E-state index is 0.0276. The smallest absolute Gasteiger partial charge is 0.241 e. The zero-order valence-corrected chi connectivity index (χ0v) is 12.8. The molecule has 0 radical (unpaired) electrons. The molecule has 3 nitrogen and oxygen atoms in total. The second-order valence-electron chi connectivity index (χ2n) is 5.38. The molecule has 0 saturated carbocycles. The van der Waals surface area contributed by atoms with Crippen LogP contribution < -0.4 is 10.6 Å². The van der Waals surface area contributed by atoms with Gasteiger partial charge >= 0.3 is 0 Å². The Kier molecular flexibility index (Phi) is 5.12. The van der Waals surface area contributed by atoms with Crippen molar-refractivity contribution in [3.63, 3.8) is 0 Å². The lowest BCUT2D eigenvalue weighted by atomic mass is 10.1. The van der Waals surface area contributed by atoms with Crippen LogP contribution in [0.4, 0.5) is 5.69 Å². The molecule has 110 valence electrons. The Morgan fingerprint density at radius 3 is 2.19 bits per heavy atom. The van der Waals surface area contributed by atoms with Crippen molar-refractivity contribution >= 4 is 11.6 Å². The summed E-state index contributed by atoms with van der Waals surface area (Å²) in [6.45, 7) is 6.01. The maximum Gasteiger partial charge on any atom is 0.241 e. The van der Waals surface area contributed by atoms with Crippen molar-refractivity contribution in [1.82, 2.24) is 5.32 Å². The first-order valence-electron chi connectivity index (χ1n) is 7.25. The van der Waals surface area contributed by atoms with Crippen LogP contribution in [0.15, 0.2) is 54.6 Å². The van der Waals surface area contributed by atoms with Crippen LogP contribution in [0, 0.1) is 6.92 Å². The van der Waals surface area contributed by atoms with E-state index < -0.39 is 0 Å². The van der Waals surface area contributed by atoms with Crippen molar-refractivity contribution in [3.8, 4) is 0 Å². The molecule has 0 bridgehead atoms. The SMILES string of the molecule is Cc1ccc(C(C)NC(C)C(=O)Nc2ccccc2)cc1. The molecule has 2 atom stereocenters. The predicted octanol–water partition coefficient (Wildman–Crippen LogP) is 3.67. The Hall–Kier alpha value is -2.13. The molecule has 2 unspecified atom stereocenters. The normalized spacial score (nSPS) is 13.5. The number of rotatable bonds is 5. The van der Waals surface area contributed by atoms with Gasteiger partial charge in [-0.1, -0.05) is 48.0 Å². The molecule has 0 saturated heterocycles. The number of benzene rings is 2. The first-order chi connectivity index (χ1) is 10.1. The fraction of sp³-hybridized carbons (Fsp3) is 0.278. The summed E-state index contributed by atoms with van der Waals surface area (Å²) in [7, 11) is 0. The largest absolute Gasteiger partial charge is 0.325 e. The summed E-state index contributed by atoms with van der Waals surface area (Å²) < 4.78 is 0. The third kappa shape index (κ3) is 4.43. The highest BCUT2D eigenvalue weighted by Crippen LogP contribution is 2.14. The van der Waals surface area contributed by atoms with Crippen molar-refractivity contribution in [2.45, 2.75) is 32.9 Å². The molecule has 1 amide bonds. The van der Waals surface area contributed by atoms with Gasteiger partial charge in [-0.25, -0.2) is 0 Å². The van der Waals surface area contributed by atoms with E-state index in [1.807, 2.05) is 37.3 Å². The lowest BCUT2D eigenvalue weighted by Crippen LogP contribution is -2.39. The van der Waals surface area contributed by atoms with Crippen LogP contribution >= 0.6 is 0 Å². The number of nitrogens with one attached hydrogen (secondary N) is 2. The van der Waals surface area contributed by atoms with E-state index in [0.29, 0.717) is 0 Å². The fourth-order valence-electron chi connectivity index (χ4n) is 2.17. The van der Waals surface area contributed by atoms with E-state index in [0.717, 1.165) is 5.69 Å². The molecule has 0 aliphatic rings. The minimum Gasteiger partial charge on any atom is -0.325 e. The van der Waals surface area contributed by atoms with Crippen LogP contribution in [0.1, 0.15) is 31.0 Å². The van der Waals surface area contributed by atoms with Gasteiger partial charge in [-0.05, 0) is 38.5 Å². The molecule has 0 aliphatic heterocycles. The number of hydrogen-bond acceptors (Lipinski definition) is 2. The third-order valence-electron chi connectivity index (χ3n) is 3.51. The van der Waals surface area contributed by atoms with E-state index in [1.165, 1.54) is 11.1 Å². The molecule has 0 aliphatic carbocycles. The quantitative estimate of drug-likeness (QED) is 0.878. The Balaban J connectivity index is 1.92. The molecule has 0 heterocycles. The van der Waals surface area contributed by atoms with Gasteiger partial charge in [-0.15, -0.1) is 0 Å². The average Bonchev–Trinajstić information content (AvgIpc) is 2.48. The maximum absolute atomic E-state index is 12.2. The van der Waals surface area contributed by atoms with Crippen LogP contribution in [-0.2, 0) is 4.79 Å². The standard InChI is InChI=1S/C18H22N2O/c1-13-9-11-16(12-10-13)14(2)19-15(3)18(21)20-17-7-5-4-6-8-17/h4-12,14-15,19H,1-3H3,(H,20,21). The van der Waals surface area contributed by atoms with Crippen LogP contribution in [0.5, 0.6) is 0 Å². The molecule has 0 fully saturated rings. The Bertz CT molecular complexity index is 578. The van der Waals surface area contributed by atoms with Gasteiger partial charge in [0, 0.05) is 11.7 Å². The molecule has 21 heavy (non-hydrogen) atoms. The summed E-state index contributed by atoms with van der Waals surface area (Å²) in [5.74, 6) is -0.0276. The lowest BCUT2D eigenvalue weighted by Gasteiger charge is -2.20. The molecular formula is C18H22N2O. The second-order valence-corrected chi connectivity index (χ2v) is 5.38. The zero-order chi connectivity index (χ0) is 15.2. The van der Waals surface area contributed by atoms with Crippen molar-refractivity contribution < 1.29 is 4.79 Å². The predicted molar refractivity (Wildman–Crippen MR) is 87.3 cm³/mol.